The van der Waals surface area contributed by atoms with E-state index in [9.17, 15) is 4.79 Å². The highest BCUT2D eigenvalue weighted by atomic mass is 16.1. The minimum atomic E-state index is -0.226. The molecule has 1 aromatic carbocycles. The quantitative estimate of drug-likeness (QED) is 0.727. The zero-order valence-corrected chi connectivity index (χ0v) is 9.44. The van der Waals surface area contributed by atoms with Crippen LogP contribution < -0.4 is 0 Å². The SMILES string of the molecule is [CH]=C[C@H](CC)C(=N)C(=O)Cc1ccccc1. The summed E-state index contributed by atoms with van der Waals surface area (Å²) in [7, 11) is 0. The number of rotatable bonds is 6. The number of carbonyl (C=O) groups excluding carboxylic acids is 1. The van der Waals surface area contributed by atoms with Crippen LogP contribution in [0.15, 0.2) is 36.4 Å². The molecule has 0 saturated heterocycles. The van der Waals surface area contributed by atoms with Gasteiger partial charge in [-0.3, -0.25) is 4.79 Å². The van der Waals surface area contributed by atoms with Gasteiger partial charge in [-0.15, -0.1) is 0 Å². The van der Waals surface area contributed by atoms with E-state index in [4.69, 9.17) is 12.0 Å². The molecular formula is C14H16NO. The average molecular weight is 214 g/mol. The van der Waals surface area contributed by atoms with Gasteiger partial charge in [-0.2, -0.15) is 0 Å². The Morgan fingerprint density at radius 1 is 1.44 bits per heavy atom. The molecule has 1 rings (SSSR count). The number of hydrogen-bond acceptors (Lipinski definition) is 2. The third-order valence-corrected chi connectivity index (χ3v) is 2.55. The van der Waals surface area contributed by atoms with Crippen molar-refractivity contribution in [3.63, 3.8) is 0 Å². The smallest absolute Gasteiger partial charge is 0.181 e. The third kappa shape index (κ3) is 3.16. The highest BCUT2D eigenvalue weighted by Crippen LogP contribution is 2.09. The van der Waals surface area contributed by atoms with Gasteiger partial charge in [-0.25, -0.2) is 0 Å². The van der Waals surface area contributed by atoms with Crippen molar-refractivity contribution in [1.29, 1.82) is 5.41 Å². The van der Waals surface area contributed by atoms with E-state index in [0.29, 0.717) is 6.42 Å². The Labute approximate surface area is 96.5 Å². The molecule has 0 aliphatic heterocycles. The summed E-state index contributed by atoms with van der Waals surface area (Å²) in [6.07, 6.45) is 2.39. The Balaban J connectivity index is 2.66. The highest BCUT2D eigenvalue weighted by Gasteiger charge is 2.16. The molecule has 0 unspecified atom stereocenters. The summed E-state index contributed by atoms with van der Waals surface area (Å²) in [6, 6.07) is 9.45. The Kier molecular flexibility index (Phi) is 4.65. The van der Waals surface area contributed by atoms with Crippen LogP contribution in [0.3, 0.4) is 0 Å². The van der Waals surface area contributed by atoms with Crippen LogP contribution in [0.25, 0.3) is 0 Å². The molecule has 0 aliphatic carbocycles. The number of allylic oxidation sites excluding steroid dienone is 1. The van der Waals surface area contributed by atoms with Crippen molar-refractivity contribution in [3.8, 4) is 0 Å². The predicted octanol–water partition coefficient (Wildman–Crippen LogP) is 2.83. The van der Waals surface area contributed by atoms with Crippen LogP contribution in [0.1, 0.15) is 18.9 Å². The van der Waals surface area contributed by atoms with Crippen LogP contribution in [0.4, 0.5) is 0 Å². The summed E-state index contributed by atoms with van der Waals surface area (Å²) in [5.41, 5.74) is 1.04. The second-order valence-corrected chi connectivity index (χ2v) is 3.71. The number of benzene rings is 1. The molecule has 0 amide bonds. The minimum absolute atomic E-state index is 0.105. The van der Waals surface area contributed by atoms with Crippen molar-refractivity contribution >= 4 is 11.5 Å². The van der Waals surface area contributed by atoms with E-state index in [1.807, 2.05) is 37.3 Å². The van der Waals surface area contributed by atoms with Gasteiger partial charge in [0.25, 0.3) is 0 Å². The fraction of sp³-hybridized carbons (Fsp3) is 0.286. The molecule has 16 heavy (non-hydrogen) atoms. The zero-order valence-electron chi connectivity index (χ0n) is 9.44. The first kappa shape index (κ1) is 12.4. The summed E-state index contributed by atoms with van der Waals surface area (Å²) in [4.78, 5) is 11.8. The topological polar surface area (TPSA) is 40.9 Å². The molecule has 0 spiro atoms. The van der Waals surface area contributed by atoms with Gasteiger partial charge in [0.15, 0.2) is 5.78 Å². The molecule has 1 aromatic rings. The molecule has 0 bridgehead atoms. The molecule has 0 fully saturated rings. The van der Waals surface area contributed by atoms with Gasteiger partial charge in [0.1, 0.15) is 0 Å². The van der Waals surface area contributed by atoms with E-state index < -0.39 is 0 Å². The number of Topliss-reactive ketones (excluding diaryl/α,β-unsaturated/α-hetero) is 1. The van der Waals surface area contributed by atoms with E-state index >= 15 is 0 Å². The maximum Gasteiger partial charge on any atom is 0.181 e. The summed E-state index contributed by atoms with van der Waals surface area (Å²) in [5, 5.41) is 7.74. The monoisotopic (exact) mass is 214 g/mol. The molecule has 0 heterocycles. The first-order valence-corrected chi connectivity index (χ1v) is 5.39. The second kappa shape index (κ2) is 6.01. The Morgan fingerprint density at radius 3 is 2.56 bits per heavy atom. The zero-order chi connectivity index (χ0) is 12.0. The minimum Gasteiger partial charge on any atom is -0.301 e. The third-order valence-electron chi connectivity index (χ3n) is 2.55. The molecule has 0 aromatic heterocycles. The van der Waals surface area contributed by atoms with Gasteiger partial charge < -0.3 is 5.41 Å². The molecule has 0 aliphatic rings. The van der Waals surface area contributed by atoms with Crippen LogP contribution in [-0.2, 0) is 11.2 Å². The highest BCUT2D eigenvalue weighted by molar-refractivity contribution is 6.40. The largest absolute Gasteiger partial charge is 0.301 e. The van der Waals surface area contributed by atoms with Crippen LogP contribution in [0, 0.1) is 17.9 Å². The normalized spacial score (nSPS) is 11.8. The van der Waals surface area contributed by atoms with Crippen molar-refractivity contribution in [2.75, 3.05) is 0 Å². The van der Waals surface area contributed by atoms with E-state index in [1.54, 1.807) is 0 Å². The number of carbonyl (C=O) groups is 1. The van der Waals surface area contributed by atoms with Gasteiger partial charge in [0.05, 0.1) is 5.71 Å². The van der Waals surface area contributed by atoms with Crippen LogP contribution in [0.5, 0.6) is 0 Å². The van der Waals surface area contributed by atoms with E-state index in [1.165, 1.54) is 6.08 Å². The van der Waals surface area contributed by atoms with Crippen LogP contribution >= 0.6 is 0 Å². The first-order valence-electron chi connectivity index (χ1n) is 5.39. The lowest BCUT2D eigenvalue weighted by molar-refractivity contribution is -0.112. The fourth-order valence-corrected chi connectivity index (χ4v) is 1.52. The fourth-order valence-electron chi connectivity index (χ4n) is 1.52. The lowest BCUT2D eigenvalue weighted by Crippen LogP contribution is -2.22. The van der Waals surface area contributed by atoms with Crippen molar-refractivity contribution in [2.45, 2.75) is 19.8 Å². The van der Waals surface area contributed by atoms with E-state index in [-0.39, 0.29) is 23.8 Å². The van der Waals surface area contributed by atoms with Crippen molar-refractivity contribution in [1.82, 2.24) is 0 Å². The maximum atomic E-state index is 11.8. The molecule has 1 radical (unpaired) electrons. The van der Waals surface area contributed by atoms with E-state index in [0.717, 1.165) is 5.56 Å². The molecule has 0 saturated carbocycles. The van der Waals surface area contributed by atoms with Gasteiger partial charge in [-0.1, -0.05) is 49.9 Å². The van der Waals surface area contributed by atoms with E-state index in [2.05, 4.69) is 0 Å². The Bertz CT molecular complexity index is 381. The van der Waals surface area contributed by atoms with Gasteiger partial charge in [0, 0.05) is 12.3 Å². The molecule has 1 N–H and O–H groups in total. The van der Waals surface area contributed by atoms with Crippen molar-refractivity contribution < 1.29 is 4.79 Å². The Morgan fingerprint density at radius 2 is 2.06 bits per heavy atom. The summed E-state index contributed by atoms with van der Waals surface area (Å²) in [5.74, 6) is -0.379. The van der Waals surface area contributed by atoms with Gasteiger partial charge in [-0.05, 0) is 12.0 Å². The van der Waals surface area contributed by atoms with Crippen LogP contribution in [-0.4, -0.2) is 11.5 Å². The lowest BCUT2D eigenvalue weighted by atomic mass is 9.94. The summed E-state index contributed by atoms with van der Waals surface area (Å²) < 4.78 is 0. The van der Waals surface area contributed by atoms with Gasteiger partial charge >= 0.3 is 0 Å². The molecule has 1 atom stereocenters. The number of hydrogen-bond donors (Lipinski definition) is 1. The van der Waals surface area contributed by atoms with Crippen molar-refractivity contribution in [3.05, 3.63) is 48.6 Å². The molecule has 2 nitrogen and oxygen atoms in total. The number of nitrogens with one attached hydrogen (secondary N) is 1. The van der Waals surface area contributed by atoms with Crippen molar-refractivity contribution in [2.24, 2.45) is 5.92 Å². The first-order chi connectivity index (χ1) is 7.69. The second-order valence-electron chi connectivity index (χ2n) is 3.71. The van der Waals surface area contributed by atoms with Crippen LogP contribution in [0.2, 0.25) is 0 Å². The molecule has 2 heteroatoms. The predicted molar refractivity (Wildman–Crippen MR) is 65.5 cm³/mol. The molecular weight excluding hydrogens is 198 g/mol. The standard InChI is InChI=1S/C14H16NO/c1-3-12(4-2)14(15)13(16)10-11-8-6-5-7-9-11/h1,3,5-9,12,15H,4,10H2,2H3/t12-/m1/s1. The van der Waals surface area contributed by atoms with Gasteiger partial charge in [0.2, 0.25) is 0 Å². The summed E-state index contributed by atoms with van der Waals surface area (Å²) >= 11 is 0. The number of ketones is 1. The maximum absolute atomic E-state index is 11.8. The molecule has 83 valence electrons. The lowest BCUT2D eigenvalue weighted by Gasteiger charge is -2.10. The Hall–Kier alpha value is -1.70. The average Bonchev–Trinajstić information content (AvgIpc) is 2.31. The summed E-state index contributed by atoms with van der Waals surface area (Å²) in [6.45, 7) is 7.31.